The van der Waals surface area contributed by atoms with Crippen LogP contribution in [0.2, 0.25) is 0 Å². The Kier molecular flexibility index (Phi) is 9.02. The van der Waals surface area contributed by atoms with Gasteiger partial charge in [0.05, 0.1) is 30.8 Å². The summed E-state index contributed by atoms with van der Waals surface area (Å²) in [5, 5.41) is 9.61. The maximum Gasteiger partial charge on any atom is 0.191 e. The number of thiazole rings is 1. The molecule has 0 bridgehead atoms. The number of guanidine groups is 1. The predicted octanol–water partition coefficient (Wildman–Crippen LogP) is 4.46. The lowest BCUT2D eigenvalue weighted by Crippen LogP contribution is -2.36. The minimum atomic E-state index is -0.298. The number of hydrogen-bond donors (Lipinski definition) is 2. The molecular formula is C20H26FIN6S. The van der Waals surface area contributed by atoms with Gasteiger partial charge in [-0.05, 0) is 30.5 Å². The molecule has 156 valence electrons. The molecule has 0 aliphatic carbocycles. The highest BCUT2D eigenvalue weighted by molar-refractivity contribution is 14.0. The van der Waals surface area contributed by atoms with Gasteiger partial charge < -0.3 is 15.2 Å². The zero-order valence-corrected chi connectivity index (χ0v) is 19.9. The van der Waals surface area contributed by atoms with Gasteiger partial charge in [-0.3, -0.25) is 0 Å². The molecule has 0 amide bonds. The van der Waals surface area contributed by atoms with Crippen LogP contribution in [0, 0.1) is 5.82 Å². The number of aromatic nitrogens is 3. The van der Waals surface area contributed by atoms with Crippen molar-refractivity contribution in [2.75, 3.05) is 6.54 Å². The topological polar surface area (TPSA) is 67.1 Å². The van der Waals surface area contributed by atoms with Crippen LogP contribution in [-0.2, 0) is 13.1 Å². The zero-order chi connectivity index (χ0) is 19.9. The summed E-state index contributed by atoms with van der Waals surface area (Å²) in [7, 11) is 0. The van der Waals surface area contributed by atoms with Gasteiger partial charge in [0, 0.05) is 24.3 Å². The molecule has 0 unspecified atom stereocenters. The van der Waals surface area contributed by atoms with Gasteiger partial charge in [-0.2, -0.15) is 0 Å². The molecule has 0 saturated heterocycles. The second-order valence-corrected chi connectivity index (χ2v) is 7.57. The Bertz CT molecular complexity index is 923. The number of aliphatic imine (C=N–C) groups is 1. The van der Waals surface area contributed by atoms with Crippen LogP contribution in [0.4, 0.5) is 4.39 Å². The van der Waals surface area contributed by atoms with Crippen molar-refractivity contribution in [3.63, 3.8) is 0 Å². The van der Waals surface area contributed by atoms with Crippen LogP contribution in [0.5, 0.6) is 0 Å². The lowest BCUT2D eigenvalue weighted by molar-refractivity contribution is 0.615. The van der Waals surface area contributed by atoms with E-state index < -0.39 is 0 Å². The van der Waals surface area contributed by atoms with Crippen LogP contribution in [0.1, 0.15) is 43.0 Å². The van der Waals surface area contributed by atoms with Crippen molar-refractivity contribution < 1.29 is 4.39 Å². The molecular weight excluding hydrogens is 502 g/mol. The van der Waals surface area contributed by atoms with Gasteiger partial charge in [0.25, 0.3) is 0 Å². The zero-order valence-electron chi connectivity index (χ0n) is 16.7. The third-order valence-electron chi connectivity index (χ3n) is 4.13. The summed E-state index contributed by atoms with van der Waals surface area (Å²) in [6.45, 7) is 8.01. The Morgan fingerprint density at radius 2 is 2.14 bits per heavy atom. The first-order valence-corrected chi connectivity index (χ1v) is 10.2. The quantitative estimate of drug-likeness (QED) is 0.270. The summed E-state index contributed by atoms with van der Waals surface area (Å²) >= 11 is 1.64. The van der Waals surface area contributed by atoms with Crippen molar-refractivity contribution in [2.24, 2.45) is 4.99 Å². The molecule has 0 saturated carbocycles. The number of rotatable bonds is 7. The Hall–Kier alpha value is -2.01. The lowest BCUT2D eigenvalue weighted by Gasteiger charge is -2.11. The molecule has 29 heavy (non-hydrogen) atoms. The largest absolute Gasteiger partial charge is 0.357 e. The monoisotopic (exact) mass is 528 g/mol. The van der Waals surface area contributed by atoms with Gasteiger partial charge in [-0.25, -0.2) is 19.4 Å². The molecule has 2 heterocycles. The number of hydrogen-bond acceptors (Lipinski definition) is 4. The number of nitrogens with zero attached hydrogens (tertiary/aromatic N) is 4. The highest BCUT2D eigenvalue weighted by Gasteiger charge is 2.08. The molecule has 0 spiro atoms. The molecule has 0 fully saturated rings. The third-order valence-corrected chi connectivity index (χ3v) is 4.99. The van der Waals surface area contributed by atoms with Gasteiger partial charge in [0.15, 0.2) is 5.96 Å². The Labute approximate surface area is 191 Å². The SMILES string of the molecule is CCNC(=NCc1ccc(-n2ccnc2)c(F)c1)NCc1nc(C(C)C)cs1.I. The van der Waals surface area contributed by atoms with Crippen molar-refractivity contribution in [1.29, 1.82) is 0 Å². The van der Waals surface area contributed by atoms with Crippen molar-refractivity contribution in [3.8, 4) is 5.69 Å². The minimum absolute atomic E-state index is 0. The Morgan fingerprint density at radius 3 is 2.76 bits per heavy atom. The van der Waals surface area contributed by atoms with Crippen molar-refractivity contribution >= 4 is 41.3 Å². The van der Waals surface area contributed by atoms with Crippen LogP contribution in [0.15, 0.2) is 47.3 Å². The van der Waals surface area contributed by atoms with Crippen molar-refractivity contribution in [2.45, 2.75) is 39.8 Å². The fourth-order valence-corrected chi connectivity index (χ4v) is 3.50. The summed E-state index contributed by atoms with van der Waals surface area (Å²) in [5.41, 5.74) is 2.38. The van der Waals surface area contributed by atoms with Gasteiger partial charge >= 0.3 is 0 Å². The van der Waals surface area contributed by atoms with Crippen LogP contribution in [0.25, 0.3) is 5.69 Å². The van der Waals surface area contributed by atoms with E-state index in [9.17, 15) is 4.39 Å². The van der Waals surface area contributed by atoms with E-state index in [2.05, 4.69) is 44.8 Å². The van der Waals surface area contributed by atoms with E-state index in [1.807, 2.05) is 13.0 Å². The van der Waals surface area contributed by atoms with E-state index >= 15 is 0 Å². The molecule has 3 aromatic rings. The van der Waals surface area contributed by atoms with E-state index in [1.54, 1.807) is 40.7 Å². The summed E-state index contributed by atoms with van der Waals surface area (Å²) in [5.74, 6) is 0.808. The summed E-state index contributed by atoms with van der Waals surface area (Å²) < 4.78 is 16.0. The molecule has 2 N–H and O–H groups in total. The van der Waals surface area contributed by atoms with Crippen LogP contribution < -0.4 is 10.6 Å². The van der Waals surface area contributed by atoms with Gasteiger partial charge in [0.1, 0.15) is 10.8 Å². The first-order chi connectivity index (χ1) is 13.6. The number of halogens is 2. The van der Waals surface area contributed by atoms with Gasteiger partial charge in [0.2, 0.25) is 0 Å². The van der Waals surface area contributed by atoms with E-state index in [0.717, 1.165) is 22.8 Å². The maximum atomic E-state index is 14.4. The molecule has 0 aliphatic rings. The van der Waals surface area contributed by atoms with E-state index in [1.165, 1.54) is 6.07 Å². The highest BCUT2D eigenvalue weighted by Crippen LogP contribution is 2.18. The van der Waals surface area contributed by atoms with E-state index in [0.29, 0.717) is 30.7 Å². The molecule has 2 aromatic heterocycles. The predicted molar refractivity (Wildman–Crippen MR) is 127 cm³/mol. The fraction of sp³-hybridized carbons (Fsp3) is 0.350. The second-order valence-electron chi connectivity index (χ2n) is 6.63. The summed E-state index contributed by atoms with van der Waals surface area (Å²) in [4.78, 5) is 13.1. The van der Waals surface area contributed by atoms with Gasteiger partial charge in [-0.1, -0.05) is 19.9 Å². The third kappa shape index (κ3) is 6.49. The van der Waals surface area contributed by atoms with Crippen LogP contribution in [-0.4, -0.2) is 27.0 Å². The molecule has 0 atom stereocenters. The summed E-state index contributed by atoms with van der Waals surface area (Å²) in [6, 6.07) is 5.13. The lowest BCUT2D eigenvalue weighted by atomic mass is 10.2. The van der Waals surface area contributed by atoms with E-state index in [4.69, 9.17) is 0 Å². The molecule has 6 nitrogen and oxygen atoms in total. The molecule has 0 aliphatic heterocycles. The molecule has 1 aromatic carbocycles. The maximum absolute atomic E-state index is 14.4. The number of imidazole rings is 1. The molecule has 3 rings (SSSR count). The van der Waals surface area contributed by atoms with Crippen LogP contribution in [0.3, 0.4) is 0 Å². The average molecular weight is 528 g/mol. The molecule has 9 heteroatoms. The Morgan fingerprint density at radius 1 is 1.31 bits per heavy atom. The molecule has 0 radical (unpaired) electrons. The minimum Gasteiger partial charge on any atom is -0.357 e. The summed E-state index contributed by atoms with van der Waals surface area (Å²) in [6.07, 6.45) is 4.91. The van der Waals surface area contributed by atoms with Gasteiger partial charge in [-0.15, -0.1) is 35.3 Å². The normalized spacial score (nSPS) is 11.4. The van der Waals surface area contributed by atoms with Crippen LogP contribution >= 0.6 is 35.3 Å². The number of benzene rings is 1. The number of nitrogens with one attached hydrogen (secondary N) is 2. The Balaban J connectivity index is 0.00000300. The smallest absolute Gasteiger partial charge is 0.191 e. The standard InChI is InChI=1S/C20H25FN6S.HI/c1-4-23-20(25-11-19-26-17(12-28-19)14(2)3)24-10-15-5-6-18(16(21)9-15)27-8-7-22-13-27;/h5-9,12-14H,4,10-11H2,1-3H3,(H2,23,24,25);1H. The average Bonchev–Trinajstić information content (AvgIpc) is 3.36. The first kappa shape index (κ1) is 23.3. The van der Waals surface area contributed by atoms with E-state index in [-0.39, 0.29) is 29.8 Å². The van der Waals surface area contributed by atoms with Crippen molar-refractivity contribution in [1.82, 2.24) is 25.2 Å². The highest BCUT2D eigenvalue weighted by atomic mass is 127. The van der Waals surface area contributed by atoms with Crippen molar-refractivity contribution in [3.05, 3.63) is 64.4 Å². The second kappa shape index (κ2) is 11.2. The fourth-order valence-electron chi connectivity index (χ4n) is 2.60. The first-order valence-electron chi connectivity index (χ1n) is 9.30.